The van der Waals surface area contributed by atoms with Gasteiger partial charge in [-0.1, -0.05) is 27.7 Å². The molecule has 6 nitrogen and oxygen atoms in total. The predicted octanol–water partition coefficient (Wildman–Crippen LogP) is 2.57. The van der Waals surface area contributed by atoms with Gasteiger partial charge in [-0.25, -0.2) is 15.0 Å². The van der Waals surface area contributed by atoms with Gasteiger partial charge in [0.25, 0.3) is 0 Å². The summed E-state index contributed by atoms with van der Waals surface area (Å²) in [6, 6.07) is 0. The molecule has 0 aromatic carbocycles. The van der Waals surface area contributed by atoms with Crippen LogP contribution in [0.2, 0.25) is 0 Å². The fourth-order valence-electron chi connectivity index (χ4n) is 2.25. The maximum Gasteiger partial charge on any atom is 0.164 e. The summed E-state index contributed by atoms with van der Waals surface area (Å²) in [5.41, 5.74) is 1.09. The normalized spacial score (nSPS) is 10.9. The van der Waals surface area contributed by atoms with Gasteiger partial charge in [-0.3, -0.25) is 0 Å². The van der Waals surface area contributed by atoms with Gasteiger partial charge in [0.05, 0.1) is 0 Å². The highest BCUT2D eigenvalue weighted by Crippen LogP contribution is 2.20. The number of hydrogen-bond donors (Lipinski definition) is 1. The highest BCUT2D eigenvalue weighted by Gasteiger charge is 2.16. The Morgan fingerprint density at radius 2 is 1.86 bits per heavy atom. The zero-order valence-corrected chi connectivity index (χ0v) is 13.3. The van der Waals surface area contributed by atoms with Gasteiger partial charge < -0.3 is 5.32 Å². The molecule has 0 saturated heterocycles. The molecule has 6 heteroatoms. The summed E-state index contributed by atoms with van der Waals surface area (Å²) >= 11 is 0. The first kappa shape index (κ1) is 15.4. The number of nitrogens with zero attached hydrogens (tertiary/aromatic N) is 5. The standard InChI is InChI=1S/C15H24N6/c1-5-9-16-14-11(6-2)15(18-10-17-14)21-13(8-4)19-12(7-3)20-21/h10H,5-9H2,1-4H3,(H,16,17,18). The number of nitrogens with one attached hydrogen (secondary N) is 1. The van der Waals surface area contributed by atoms with Crippen LogP contribution in [-0.4, -0.2) is 31.3 Å². The average Bonchev–Trinajstić information content (AvgIpc) is 2.95. The van der Waals surface area contributed by atoms with E-state index >= 15 is 0 Å². The largest absolute Gasteiger partial charge is 0.370 e. The number of hydrogen-bond acceptors (Lipinski definition) is 5. The molecule has 0 amide bonds. The quantitative estimate of drug-likeness (QED) is 0.848. The third kappa shape index (κ3) is 3.20. The van der Waals surface area contributed by atoms with E-state index in [2.05, 4.69) is 53.1 Å². The van der Waals surface area contributed by atoms with E-state index in [-0.39, 0.29) is 0 Å². The van der Waals surface area contributed by atoms with Crippen LogP contribution >= 0.6 is 0 Å². The zero-order valence-electron chi connectivity index (χ0n) is 13.3. The number of aryl methyl sites for hydroxylation is 2. The van der Waals surface area contributed by atoms with Crippen molar-refractivity contribution in [2.75, 3.05) is 11.9 Å². The van der Waals surface area contributed by atoms with Crippen molar-refractivity contribution in [1.29, 1.82) is 0 Å². The fourth-order valence-corrected chi connectivity index (χ4v) is 2.25. The Morgan fingerprint density at radius 1 is 1.05 bits per heavy atom. The van der Waals surface area contributed by atoms with Crippen LogP contribution in [0.4, 0.5) is 5.82 Å². The lowest BCUT2D eigenvalue weighted by atomic mass is 10.2. The molecule has 114 valence electrons. The molecule has 2 heterocycles. The van der Waals surface area contributed by atoms with Gasteiger partial charge in [-0.15, -0.1) is 5.10 Å². The Kier molecular flexibility index (Phi) is 5.25. The third-order valence-electron chi connectivity index (χ3n) is 3.37. The van der Waals surface area contributed by atoms with Crippen LogP contribution in [0, 0.1) is 0 Å². The van der Waals surface area contributed by atoms with Crippen LogP contribution in [0.15, 0.2) is 6.33 Å². The molecule has 0 radical (unpaired) electrons. The van der Waals surface area contributed by atoms with E-state index < -0.39 is 0 Å². The Balaban J connectivity index is 2.50. The monoisotopic (exact) mass is 288 g/mol. The zero-order chi connectivity index (χ0) is 15.2. The van der Waals surface area contributed by atoms with Crippen LogP contribution in [0.3, 0.4) is 0 Å². The molecule has 0 aliphatic carbocycles. The van der Waals surface area contributed by atoms with Gasteiger partial charge in [0.1, 0.15) is 18.0 Å². The molecule has 0 aliphatic heterocycles. The SMILES string of the molecule is CCCNc1ncnc(-n2nc(CC)nc2CC)c1CC. The molecule has 2 aromatic heterocycles. The van der Waals surface area contributed by atoms with Crippen molar-refractivity contribution in [3.8, 4) is 5.82 Å². The van der Waals surface area contributed by atoms with Crippen molar-refractivity contribution in [3.05, 3.63) is 23.5 Å². The summed E-state index contributed by atoms with van der Waals surface area (Å²) < 4.78 is 1.87. The van der Waals surface area contributed by atoms with Gasteiger partial charge >= 0.3 is 0 Å². The van der Waals surface area contributed by atoms with Gasteiger partial charge in [0.15, 0.2) is 11.6 Å². The van der Waals surface area contributed by atoms with Crippen LogP contribution in [0.5, 0.6) is 0 Å². The van der Waals surface area contributed by atoms with E-state index in [0.29, 0.717) is 0 Å². The Bertz CT molecular complexity index is 590. The van der Waals surface area contributed by atoms with E-state index in [0.717, 1.165) is 61.1 Å². The summed E-state index contributed by atoms with van der Waals surface area (Å²) in [7, 11) is 0. The molecular formula is C15H24N6. The molecule has 0 spiro atoms. The fraction of sp³-hybridized carbons (Fsp3) is 0.600. The molecule has 1 N–H and O–H groups in total. The number of aromatic nitrogens is 5. The van der Waals surface area contributed by atoms with Crippen LogP contribution in [0.25, 0.3) is 5.82 Å². The van der Waals surface area contributed by atoms with E-state index in [1.54, 1.807) is 6.33 Å². The van der Waals surface area contributed by atoms with Gasteiger partial charge in [-0.05, 0) is 12.8 Å². The molecule has 21 heavy (non-hydrogen) atoms. The Morgan fingerprint density at radius 3 is 2.48 bits per heavy atom. The maximum absolute atomic E-state index is 4.59. The summed E-state index contributed by atoms with van der Waals surface area (Å²) in [5, 5.41) is 7.96. The molecule has 2 aromatic rings. The lowest BCUT2D eigenvalue weighted by Crippen LogP contribution is -2.12. The number of rotatable bonds is 7. The molecule has 2 rings (SSSR count). The van der Waals surface area contributed by atoms with E-state index in [4.69, 9.17) is 0 Å². The summed E-state index contributed by atoms with van der Waals surface area (Å²) in [5.74, 6) is 3.55. The van der Waals surface area contributed by atoms with Gasteiger partial charge in [-0.2, -0.15) is 4.68 Å². The lowest BCUT2D eigenvalue weighted by Gasteiger charge is -2.13. The van der Waals surface area contributed by atoms with Crippen molar-refractivity contribution in [2.24, 2.45) is 0 Å². The van der Waals surface area contributed by atoms with Crippen molar-refractivity contribution in [2.45, 2.75) is 53.4 Å². The van der Waals surface area contributed by atoms with Crippen molar-refractivity contribution in [3.63, 3.8) is 0 Å². The smallest absolute Gasteiger partial charge is 0.164 e. The summed E-state index contributed by atoms with van der Waals surface area (Å²) in [4.78, 5) is 13.4. The molecule has 0 fully saturated rings. The molecule has 0 saturated carbocycles. The Labute approximate surface area is 126 Å². The van der Waals surface area contributed by atoms with E-state index in [9.17, 15) is 0 Å². The van der Waals surface area contributed by atoms with Crippen LogP contribution < -0.4 is 5.32 Å². The third-order valence-corrected chi connectivity index (χ3v) is 3.37. The maximum atomic E-state index is 4.59. The highest BCUT2D eigenvalue weighted by atomic mass is 15.4. The average molecular weight is 288 g/mol. The molecule has 0 aliphatic rings. The van der Waals surface area contributed by atoms with Crippen molar-refractivity contribution in [1.82, 2.24) is 24.7 Å². The first-order valence-electron chi connectivity index (χ1n) is 7.77. The van der Waals surface area contributed by atoms with E-state index in [1.807, 2.05) is 4.68 Å². The lowest BCUT2D eigenvalue weighted by molar-refractivity contribution is 0.752. The second kappa shape index (κ2) is 7.15. The van der Waals surface area contributed by atoms with E-state index in [1.165, 1.54) is 0 Å². The molecular weight excluding hydrogens is 264 g/mol. The van der Waals surface area contributed by atoms with Crippen molar-refractivity contribution < 1.29 is 0 Å². The first-order valence-corrected chi connectivity index (χ1v) is 7.77. The minimum absolute atomic E-state index is 0.827. The minimum Gasteiger partial charge on any atom is -0.370 e. The predicted molar refractivity (Wildman–Crippen MR) is 83.9 cm³/mol. The second-order valence-electron chi connectivity index (χ2n) is 4.87. The summed E-state index contributed by atoms with van der Waals surface area (Å²) in [6.45, 7) is 9.31. The summed E-state index contributed by atoms with van der Waals surface area (Å²) in [6.07, 6.45) is 5.17. The highest BCUT2D eigenvalue weighted by molar-refractivity contribution is 5.51. The topological polar surface area (TPSA) is 68.5 Å². The second-order valence-corrected chi connectivity index (χ2v) is 4.87. The van der Waals surface area contributed by atoms with Gasteiger partial charge in [0, 0.05) is 24.9 Å². The molecule has 0 unspecified atom stereocenters. The van der Waals surface area contributed by atoms with Crippen LogP contribution in [0.1, 0.15) is 51.3 Å². The number of anilines is 1. The molecule has 0 atom stereocenters. The van der Waals surface area contributed by atoms with Gasteiger partial charge in [0.2, 0.25) is 0 Å². The minimum atomic E-state index is 0.827. The van der Waals surface area contributed by atoms with Crippen LogP contribution in [-0.2, 0) is 19.3 Å². The Hall–Kier alpha value is -1.98. The van der Waals surface area contributed by atoms with Crippen molar-refractivity contribution >= 4 is 5.82 Å². The first-order chi connectivity index (χ1) is 10.2. The molecule has 0 bridgehead atoms.